The number of Topliss-reactive ketones (excluding diaryl/α,β-unsaturated/α-hetero) is 1. The number of carbonyl (C=O) groups is 1. The first-order valence-corrected chi connectivity index (χ1v) is 6.17. The molecular formula is C13H13F3N2O. The maximum absolute atomic E-state index is 12.7. The molecule has 3 atom stereocenters. The summed E-state index contributed by atoms with van der Waals surface area (Å²) >= 11 is 0. The van der Waals surface area contributed by atoms with Gasteiger partial charge in [-0.05, 0) is 36.4 Å². The van der Waals surface area contributed by atoms with Crippen molar-refractivity contribution >= 4 is 5.78 Å². The topological polar surface area (TPSA) is 42.0 Å². The molecule has 1 saturated heterocycles. The number of rotatable bonds is 2. The second-order valence-corrected chi connectivity index (χ2v) is 5.32. The molecule has 0 aromatic carbocycles. The highest BCUT2D eigenvalue weighted by Gasteiger charge is 2.66. The Labute approximate surface area is 108 Å². The van der Waals surface area contributed by atoms with Gasteiger partial charge in [0.15, 0.2) is 0 Å². The van der Waals surface area contributed by atoms with Gasteiger partial charge in [0.2, 0.25) is 5.78 Å². The number of fused-ring (bicyclic) bond motifs is 1. The Morgan fingerprint density at radius 1 is 1.47 bits per heavy atom. The number of hydrogen-bond acceptors (Lipinski definition) is 3. The molecule has 1 aliphatic carbocycles. The molecule has 19 heavy (non-hydrogen) atoms. The quantitative estimate of drug-likeness (QED) is 0.892. The lowest BCUT2D eigenvalue weighted by Gasteiger charge is -2.49. The maximum Gasteiger partial charge on any atom is 0.450 e. The van der Waals surface area contributed by atoms with Crippen molar-refractivity contribution in [2.45, 2.75) is 18.5 Å². The van der Waals surface area contributed by atoms with Gasteiger partial charge < -0.3 is 5.32 Å². The third kappa shape index (κ3) is 1.77. The fraction of sp³-hybridized carbons (Fsp3) is 0.538. The van der Waals surface area contributed by atoms with Crippen LogP contribution < -0.4 is 5.32 Å². The fourth-order valence-electron chi connectivity index (χ4n) is 3.47. The smallest absolute Gasteiger partial charge is 0.315 e. The Morgan fingerprint density at radius 2 is 2.26 bits per heavy atom. The van der Waals surface area contributed by atoms with Gasteiger partial charge in [0, 0.05) is 18.9 Å². The lowest BCUT2D eigenvalue weighted by molar-refractivity contribution is -0.190. The van der Waals surface area contributed by atoms with Crippen molar-refractivity contribution in [3.05, 3.63) is 30.1 Å². The molecule has 102 valence electrons. The second kappa shape index (κ2) is 4.03. The molecule has 1 aliphatic heterocycles. The predicted octanol–water partition coefficient (Wildman–Crippen LogP) is 1.91. The summed E-state index contributed by atoms with van der Waals surface area (Å²) in [6, 6.07) is 3.63. The van der Waals surface area contributed by atoms with Gasteiger partial charge >= 0.3 is 6.18 Å². The first-order valence-electron chi connectivity index (χ1n) is 6.17. The molecule has 0 bridgehead atoms. The van der Waals surface area contributed by atoms with E-state index in [0.29, 0.717) is 6.54 Å². The van der Waals surface area contributed by atoms with Crippen LogP contribution in [0, 0.1) is 11.3 Å². The minimum absolute atomic E-state index is 0.00463. The molecule has 2 fully saturated rings. The van der Waals surface area contributed by atoms with E-state index >= 15 is 0 Å². The zero-order valence-electron chi connectivity index (χ0n) is 10.1. The molecule has 0 amide bonds. The fourth-order valence-corrected chi connectivity index (χ4v) is 3.47. The molecule has 2 aliphatic rings. The van der Waals surface area contributed by atoms with Crippen molar-refractivity contribution in [1.82, 2.24) is 10.3 Å². The molecule has 3 unspecified atom stereocenters. The summed E-state index contributed by atoms with van der Waals surface area (Å²) in [5.74, 6) is -1.85. The van der Waals surface area contributed by atoms with Crippen molar-refractivity contribution in [2.24, 2.45) is 11.3 Å². The number of aromatic nitrogens is 1. The van der Waals surface area contributed by atoms with Crippen LogP contribution in [0.15, 0.2) is 24.5 Å². The minimum Gasteiger partial charge on any atom is -0.315 e. The van der Waals surface area contributed by atoms with E-state index in [1.807, 2.05) is 6.07 Å². The van der Waals surface area contributed by atoms with Crippen LogP contribution in [0.5, 0.6) is 0 Å². The summed E-state index contributed by atoms with van der Waals surface area (Å²) < 4.78 is 38.1. The number of pyridine rings is 1. The van der Waals surface area contributed by atoms with E-state index in [1.54, 1.807) is 18.5 Å². The summed E-state index contributed by atoms with van der Waals surface area (Å²) in [6.45, 7) is 0.591. The van der Waals surface area contributed by atoms with Crippen LogP contribution in [0.1, 0.15) is 17.9 Å². The highest BCUT2D eigenvalue weighted by Crippen LogP contribution is 2.60. The second-order valence-electron chi connectivity index (χ2n) is 5.32. The number of halogens is 3. The molecule has 1 N–H and O–H groups in total. The summed E-state index contributed by atoms with van der Waals surface area (Å²) in [4.78, 5) is 15.6. The number of ketones is 1. The predicted molar refractivity (Wildman–Crippen MR) is 61.4 cm³/mol. The molecule has 1 saturated carbocycles. The van der Waals surface area contributed by atoms with Crippen molar-refractivity contribution in [3.63, 3.8) is 0 Å². The third-order valence-electron chi connectivity index (χ3n) is 4.41. The molecule has 2 heterocycles. The van der Waals surface area contributed by atoms with E-state index < -0.39 is 17.4 Å². The zero-order chi connectivity index (χ0) is 13.7. The first-order chi connectivity index (χ1) is 8.95. The van der Waals surface area contributed by atoms with E-state index in [0.717, 1.165) is 5.56 Å². The Morgan fingerprint density at radius 3 is 2.89 bits per heavy atom. The van der Waals surface area contributed by atoms with Crippen molar-refractivity contribution in [3.8, 4) is 0 Å². The highest BCUT2D eigenvalue weighted by atomic mass is 19.4. The van der Waals surface area contributed by atoms with Crippen molar-refractivity contribution < 1.29 is 18.0 Å². The summed E-state index contributed by atoms with van der Waals surface area (Å²) in [5, 5.41) is 2.94. The molecule has 0 radical (unpaired) electrons. The van der Waals surface area contributed by atoms with Gasteiger partial charge in [-0.25, -0.2) is 0 Å². The van der Waals surface area contributed by atoms with Crippen LogP contribution in [0.4, 0.5) is 13.2 Å². The van der Waals surface area contributed by atoms with Gasteiger partial charge in [-0.15, -0.1) is 0 Å². The van der Waals surface area contributed by atoms with E-state index in [2.05, 4.69) is 10.3 Å². The lowest BCUT2D eigenvalue weighted by atomic mass is 9.52. The van der Waals surface area contributed by atoms with E-state index in [4.69, 9.17) is 0 Å². The highest BCUT2D eigenvalue weighted by molar-refractivity contribution is 5.92. The van der Waals surface area contributed by atoms with Crippen LogP contribution in [-0.2, 0) is 4.79 Å². The van der Waals surface area contributed by atoms with Crippen LogP contribution >= 0.6 is 0 Å². The average molecular weight is 270 g/mol. The standard InChI is InChI=1S/C13H13F3N2O/c14-13(15,16)11(19)12-4-9(10(12)6-18-7-12)8-2-1-3-17-5-8/h1-3,5,9-10,18H,4,6-7H2. The third-order valence-corrected chi connectivity index (χ3v) is 4.41. The van der Waals surface area contributed by atoms with Crippen LogP contribution in [0.3, 0.4) is 0 Å². The van der Waals surface area contributed by atoms with Crippen LogP contribution in [-0.4, -0.2) is 30.0 Å². The SMILES string of the molecule is O=C(C(F)(F)F)C12CNCC1C(c1cccnc1)C2. The van der Waals surface area contributed by atoms with Crippen molar-refractivity contribution in [1.29, 1.82) is 0 Å². The summed E-state index contributed by atoms with van der Waals surface area (Å²) in [5.41, 5.74) is -0.333. The minimum atomic E-state index is -4.75. The number of nitrogens with zero attached hydrogens (tertiary/aromatic N) is 1. The average Bonchev–Trinajstić information content (AvgIpc) is 2.67. The number of carbonyl (C=O) groups excluding carboxylic acids is 1. The summed E-state index contributed by atoms with van der Waals surface area (Å²) in [7, 11) is 0. The molecule has 1 aromatic rings. The zero-order valence-corrected chi connectivity index (χ0v) is 10.1. The van der Waals surface area contributed by atoms with E-state index in [-0.39, 0.29) is 24.8 Å². The monoisotopic (exact) mass is 270 g/mol. The van der Waals surface area contributed by atoms with E-state index in [9.17, 15) is 18.0 Å². The molecular weight excluding hydrogens is 257 g/mol. The lowest BCUT2D eigenvalue weighted by Crippen LogP contribution is -2.55. The van der Waals surface area contributed by atoms with E-state index in [1.165, 1.54) is 0 Å². The number of alkyl halides is 3. The molecule has 1 aromatic heterocycles. The van der Waals surface area contributed by atoms with Crippen molar-refractivity contribution in [2.75, 3.05) is 13.1 Å². The molecule has 0 spiro atoms. The summed E-state index contributed by atoms with van der Waals surface area (Å²) in [6.07, 6.45) is -1.19. The van der Waals surface area contributed by atoms with Gasteiger partial charge in [0.25, 0.3) is 0 Å². The Hall–Kier alpha value is -1.43. The van der Waals surface area contributed by atoms with Gasteiger partial charge in [-0.2, -0.15) is 13.2 Å². The van der Waals surface area contributed by atoms with Gasteiger partial charge in [0.1, 0.15) is 0 Å². The molecule has 3 rings (SSSR count). The first kappa shape index (κ1) is 12.6. The van der Waals surface area contributed by atoms with Crippen LogP contribution in [0.2, 0.25) is 0 Å². The largest absolute Gasteiger partial charge is 0.450 e. The Kier molecular flexibility index (Phi) is 2.67. The normalized spacial score (nSPS) is 33.6. The Bertz CT molecular complexity index is 502. The van der Waals surface area contributed by atoms with Crippen LogP contribution in [0.25, 0.3) is 0 Å². The maximum atomic E-state index is 12.7. The number of hydrogen-bond donors (Lipinski definition) is 1. The van der Waals surface area contributed by atoms with Gasteiger partial charge in [0.05, 0.1) is 5.41 Å². The number of nitrogens with one attached hydrogen (secondary N) is 1. The molecule has 3 nitrogen and oxygen atoms in total. The van der Waals surface area contributed by atoms with Gasteiger partial charge in [-0.1, -0.05) is 6.07 Å². The molecule has 6 heteroatoms. The van der Waals surface area contributed by atoms with Gasteiger partial charge in [-0.3, -0.25) is 9.78 Å². The Balaban J connectivity index is 1.86.